The molecule has 0 rings (SSSR count). The fourth-order valence-corrected chi connectivity index (χ4v) is 2.68. The number of rotatable bonds is 10. The summed E-state index contributed by atoms with van der Waals surface area (Å²) in [5, 5.41) is 2.50. The summed E-state index contributed by atoms with van der Waals surface area (Å²) >= 11 is 0. The number of hydrogen-bond acceptors (Lipinski definition) is 10. The first-order valence-corrected chi connectivity index (χ1v) is 9.06. The van der Waals surface area contributed by atoms with Crippen molar-refractivity contribution < 1.29 is 41.8 Å². The van der Waals surface area contributed by atoms with Crippen molar-refractivity contribution in [3.05, 3.63) is 0 Å². The van der Waals surface area contributed by atoms with Crippen molar-refractivity contribution in [2.75, 3.05) is 32.6 Å². The molecule has 0 saturated carbocycles. The molecule has 0 aromatic heterocycles. The molecule has 0 aliphatic carbocycles. The van der Waals surface area contributed by atoms with Gasteiger partial charge in [0.1, 0.15) is 0 Å². The van der Waals surface area contributed by atoms with E-state index in [1.165, 1.54) is 0 Å². The van der Waals surface area contributed by atoms with Crippen LogP contribution in [-0.4, -0.2) is 62.4 Å². The van der Waals surface area contributed by atoms with Crippen LogP contribution in [0.4, 0.5) is 0 Å². The van der Waals surface area contributed by atoms with E-state index in [1.807, 2.05) is 0 Å². The van der Waals surface area contributed by atoms with Gasteiger partial charge in [0.05, 0.1) is 19.5 Å². The Morgan fingerprint density at radius 1 is 0.947 bits per heavy atom. The Balaban J connectivity index is 3.76. The Morgan fingerprint density at radius 2 is 1.42 bits per heavy atom. The molecular formula is C5H13NO10S3. The van der Waals surface area contributed by atoms with Gasteiger partial charge in [0.25, 0.3) is 10.1 Å². The molecule has 0 unspecified atom stereocenters. The Kier molecular flexibility index (Phi) is 7.30. The molecule has 0 spiro atoms. The molecule has 0 atom stereocenters. The lowest BCUT2D eigenvalue weighted by Crippen LogP contribution is -2.26. The zero-order valence-electron chi connectivity index (χ0n) is 9.67. The van der Waals surface area contributed by atoms with Crippen molar-refractivity contribution in [3.8, 4) is 0 Å². The van der Waals surface area contributed by atoms with Crippen LogP contribution in [0.2, 0.25) is 0 Å². The van der Waals surface area contributed by atoms with Gasteiger partial charge in [-0.3, -0.25) is 4.55 Å². The molecule has 11 nitrogen and oxygen atoms in total. The second-order valence-electron chi connectivity index (χ2n) is 3.00. The van der Waals surface area contributed by atoms with Gasteiger partial charge in [-0.1, -0.05) is 0 Å². The van der Waals surface area contributed by atoms with Crippen molar-refractivity contribution in [1.82, 2.24) is 5.32 Å². The number of hydrogen-bond donors (Lipinski definition) is 2. The van der Waals surface area contributed by atoms with E-state index in [1.54, 1.807) is 0 Å². The monoisotopic (exact) mass is 343 g/mol. The Hall–Kier alpha value is -0.350. The van der Waals surface area contributed by atoms with Crippen molar-refractivity contribution in [3.63, 3.8) is 0 Å². The summed E-state index contributed by atoms with van der Waals surface area (Å²) < 4.78 is 83.0. The normalized spacial score (nSPS) is 13.6. The van der Waals surface area contributed by atoms with Crippen LogP contribution >= 0.6 is 0 Å². The maximum absolute atomic E-state index is 10.9. The van der Waals surface area contributed by atoms with Gasteiger partial charge < -0.3 is 5.32 Å². The van der Waals surface area contributed by atoms with Gasteiger partial charge in [0.2, 0.25) is 0 Å². The van der Waals surface area contributed by atoms with E-state index in [0.717, 1.165) is 0 Å². The molecule has 116 valence electrons. The molecule has 0 bridgehead atoms. The third-order valence-corrected chi connectivity index (χ3v) is 3.80. The van der Waals surface area contributed by atoms with Gasteiger partial charge in [-0.25, -0.2) is 8.37 Å². The second-order valence-corrected chi connectivity index (χ2v) is 7.10. The van der Waals surface area contributed by atoms with Crippen LogP contribution in [0.3, 0.4) is 0 Å². The van der Waals surface area contributed by atoms with Gasteiger partial charge in [-0.05, 0) is 0 Å². The molecule has 14 heteroatoms. The largest absolute Gasteiger partial charge is 0.414 e. The lowest BCUT2D eigenvalue weighted by atomic mass is 10.6. The second kappa shape index (κ2) is 7.44. The summed E-state index contributed by atoms with van der Waals surface area (Å²) in [5.41, 5.74) is 0. The van der Waals surface area contributed by atoms with Crippen molar-refractivity contribution in [2.24, 2.45) is 0 Å². The average Bonchev–Trinajstić information content (AvgIpc) is 2.10. The molecule has 0 heterocycles. The van der Waals surface area contributed by atoms with Crippen LogP contribution in [-0.2, 0) is 42.9 Å². The molecule has 0 aromatic carbocycles. The predicted molar refractivity (Wildman–Crippen MR) is 61.2 cm³/mol. The molecule has 0 aliphatic rings. The molecule has 0 amide bonds. The minimum Gasteiger partial charge on any atom is -0.312 e. The third-order valence-electron chi connectivity index (χ3n) is 1.22. The first-order chi connectivity index (χ1) is 8.41. The van der Waals surface area contributed by atoms with Gasteiger partial charge in [0.15, 0.2) is 0 Å². The molecule has 0 fully saturated rings. The summed E-state index contributed by atoms with van der Waals surface area (Å²) in [5.74, 6) is 0. The average molecular weight is 343 g/mol. The molecule has 0 radical (unpaired) electrons. The molecular weight excluding hydrogens is 330 g/mol. The van der Waals surface area contributed by atoms with Crippen molar-refractivity contribution in [2.45, 2.75) is 0 Å². The SMILES string of the molecule is CS(=O)(=O)OS(=O)(=O)OCCNCCOS(=O)(=O)O. The maximum Gasteiger partial charge on any atom is 0.414 e. The van der Waals surface area contributed by atoms with Gasteiger partial charge in [-0.2, -0.15) is 25.3 Å². The summed E-state index contributed by atoms with van der Waals surface area (Å²) in [6.07, 6.45) is 0.541. The van der Waals surface area contributed by atoms with Crippen LogP contribution in [0.5, 0.6) is 0 Å². The van der Waals surface area contributed by atoms with E-state index in [2.05, 4.69) is 17.3 Å². The Bertz CT molecular complexity index is 560. The summed E-state index contributed by atoms with van der Waals surface area (Å²) in [6, 6.07) is 0. The summed E-state index contributed by atoms with van der Waals surface area (Å²) in [7, 11) is -13.4. The molecule has 2 N–H and O–H groups in total. The highest BCUT2D eigenvalue weighted by Gasteiger charge is 2.19. The fraction of sp³-hybridized carbons (Fsp3) is 1.00. The minimum atomic E-state index is -4.65. The van der Waals surface area contributed by atoms with Crippen LogP contribution in [0, 0.1) is 0 Å². The fourth-order valence-electron chi connectivity index (χ4n) is 0.731. The Morgan fingerprint density at radius 3 is 1.84 bits per heavy atom. The lowest BCUT2D eigenvalue weighted by Gasteiger charge is -2.05. The Labute approximate surface area is 111 Å². The third kappa shape index (κ3) is 13.9. The van der Waals surface area contributed by atoms with Crippen molar-refractivity contribution in [1.29, 1.82) is 0 Å². The van der Waals surface area contributed by atoms with E-state index in [9.17, 15) is 25.3 Å². The van der Waals surface area contributed by atoms with E-state index in [0.29, 0.717) is 6.26 Å². The molecule has 0 aromatic rings. The van der Waals surface area contributed by atoms with Crippen LogP contribution < -0.4 is 5.32 Å². The molecule has 19 heavy (non-hydrogen) atoms. The van der Waals surface area contributed by atoms with E-state index >= 15 is 0 Å². The van der Waals surface area contributed by atoms with E-state index in [-0.39, 0.29) is 19.7 Å². The van der Waals surface area contributed by atoms with E-state index in [4.69, 9.17) is 4.55 Å². The first-order valence-electron chi connectivity index (χ1n) is 4.54. The van der Waals surface area contributed by atoms with Crippen LogP contribution in [0.15, 0.2) is 0 Å². The van der Waals surface area contributed by atoms with Gasteiger partial charge >= 0.3 is 20.8 Å². The van der Waals surface area contributed by atoms with E-state index < -0.39 is 37.5 Å². The highest BCUT2D eigenvalue weighted by atomic mass is 32.3. The predicted octanol–water partition coefficient (Wildman–Crippen LogP) is -2.37. The van der Waals surface area contributed by atoms with Crippen molar-refractivity contribution >= 4 is 30.9 Å². The first kappa shape index (κ1) is 18.7. The zero-order chi connectivity index (χ0) is 15.2. The molecule has 0 aliphatic heterocycles. The van der Waals surface area contributed by atoms with Gasteiger partial charge in [-0.15, -0.1) is 3.63 Å². The zero-order valence-corrected chi connectivity index (χ0v) is 12.1. The van der Waals surface area contributed by atoms with Crippen LogP contribution in [0.25, 0.3) is 0 Å². The molecule has 0 saturated heterocycles. The maximum atomic E-state index is 10.9. The topological polar surface area (TPSA) is 162 Å². The quantitative estimate of drug-likeness (QED) is 0.322. The number of nitrogens with one attached hydrogen (secondary N) is 1. The summed E-state index contributed by atoms with van der Waals surface area (Å²) in [6.45, 7) is -0.882. The standard InChI is InChI=1S/C5H13NO10S3/c1-17(7,8)16-19(12,13)15-5-3-6-2-4-14-18(9,10)11/h6H,2-5H2,1H3,(H,9,10,11). The smallest absolute Gasteiger partial charge is 0.312 e. The van der Waals surface area contributed by atoms with Crippen LogP contribution in [0.1, 0.15) is 0 Å². The highest BCUT2D eigenvalue weighted by Crippen LogP contribution is 2.00. The van der Waals surface area contributed by atoms with Gasteiger partial charge in [0, 0.05) is 13.1 Å². The minimum absolute atomic E-state index is 0.0177. The highest BCUT2D eigenvalue weighted by molar-refractivity contribution is 7.97. The lowest BCUT2D eigenvalue weighted by molar-refractivity contribution is 0.255. The summed E-state index contributed by atoms with van der Waals surface area (Å²) in [4.78, 5) is 0.